The molecule has 0 amide bonds. The molecule has 0 saturated heterocycles. The van der Waals surface area contributed by atoms with Crippen LogP contribution in [0.2, 0.25) is 0 Å². The molecule has 2 aliphatic rings. The first kappa shape index (κ1) is 20.8. The minimum atomic E-state index is -2.48. The van der Waals surface area contributed by atoms with Gasteiger partial charge in [0.2, 0.25) is 0 Å². The summed E-state index contributed by atoms with van der Waals surface area (Å²) in [7, 11) is 0. The van der Waals surface area contributed by atoms with E-state index in [4.69, 9.17) is 25.5 Å². The Morgan fingerprint density at radius 1 is 1.27 bits per heavy atom. The van der Waals surface area contributed by atoms with Crippen molar-refractivity contribution in [1.29, 1.82) is 0 Å². The summed E-state index contributed by atoms with van der Waals surface area (Å²) in [6.45, 7) is 5.21. The largest absolute Gasteiger partial charge is 3.00 e. The second-order valence-corrected chi connectivity index (χ2v) is 9.16. The molecule has 2 aromatic heterocycles. The van der Waals surface area contributed by atoms with E-state index in [9.17, 15) is 0 Å². The van der Waals surface area contributed by atoms with E-state index >= 15 is 0 Å². The van der Waals surface area contributed by atoms with Gasteiger partial charge in [0, 0.05) is 36.3 Å². The van der Waals surface area contributed by atoms with Gasteiger partial charge in [-0.05, 0) is 50.8 Å². The van der Waals surface area contributed by atoms with Crippen LogP contribution in [-0.4, -0.2) is 17.4 Å². The molecule has 3 heterocycles. The number of rotatable bonds is 5. The van der Waals surface area contributed by atoms with Crippen molar-refractivity contribution in [3.8, 4) is 0 Å². The molecule has 2 atom stereocenters. The minimum Gasteiger partial charge on any atom is -0.811 e. The van der Waals surface area contributed by atoms with Gasteiger partial charge in [0.1, 0.15) is 4.83 Å². The molecule has 1 aliphatic heterocycles. The molecular formula is C35H40IrN3S. The van der Waals surface area contributed by atoms with Crippen molar-refractivity contribution in [2.24, 2.45) is 4.99 Å². The Balaban J connectivity index is 0.000000368. The summed E-state index contributed by atoms with van der Waals surface area (Å²) in [6.07, 6.45) is 14.1. The van der Waals surface area contributed by atoms with E-state index in [1.807, 2.05) is 12.1 Å². The summed E-state index contributed by atoms with van der Waals surface area (Å²) < 4.78 is 80.2. The second-order valence-electron chi connectivity index (χ2n) is 8.13. The summed E-state index contributed by atoms with van der Waals surface area (Å²) in [5, 5.41) is 10.8. The monoisotopic (exact) mass is 738 g/mol. The maximum atomic E-state index is 8.71. The average Bonchev–Trinajstić information content (AvgIpc) is 3.46. The van der Waals surface area contributed by atoms with Gasteiger partial charge >= 0.3 is 20.1 Å². The summed E-state index contributed by atoms with van der Waals surface area (Å²) in [5.74, 6) is -0.464. The van der Waals surface area contributed by atoms with Gasteiger partial charge in [0.05, 0.1) is 2.74 Å². The Bertz CT molecular complexity index is 1760. The maximum absolute atomic E-state index is 8.71. The maximum Gasteiger partial charge on any atom is 3.00 e. The van der Waals surface area contributed by atoms with Gasteiger partial charge in [-0.15, -0.1) is 5.39 Å². The molecule has 0 radical (unpaired) electrons. The second kappa shape index (κ2) is 20.9. The molecule has 1 saturated carbocycles. The summed E-state index contributed by atoms with van der Waals surface area (Å²) >= 11 is 1.71. The molecule has 1 aromatic carbocycles. The van der Waals surface area contributed by atoms with Crippen molar-refractivity contribution in [2.75, 3.05) is 0 Å². The van der Waals surface area contributed by atoms with Gasteiger partial charge in [-0.1, -0.05) is 59.9 Å². The summed E-state index contributed by atoms with van der Waals surface area (Å²) in [5.41, 5.74) is 0.461. The molecule has 3 nitrogen and oxygen atoms in total. The van der Waals surface area contributed by atoms with Crippen LogP contribution in [0.25, 0.3) is 25.7 Å². The Morgan fingerprint density at radius 2 is 2.10 bits per heavy atom. The van der Waals surface area contributed by atoms with Gasteiger partial charge in [0.15, 0.2) is 0 Å². The standard InChI is InChI=1S/C17H16NS.C6H9N.C6H8N.C6H7.Ir/c1-2-6-12(7-3-1)15-11-10-14-13-8-4-5-9-16(13)19-17(14)18-15;1-6-3-2-4-7-5-6;1-6(2)4-3-5-7;1-3-5-6-4-2;/h4,8-12H,1-3,6-7H2;4-5H,2-3H2,1H3;3-5H,1H2,2H3;3-5H,1-2H2;/q-1;;2*-1;+3/b;;4-3-;;/i12D;1D3,2D,3D;2D3,3D,4D;;. The Labute approximate surface area is 274 Å². The van der Waals surface area contributed by atoms with Crippen LogP contribution in [0.3, 0.4) is 0 Å². The average molecular weight is 738 g/mol. The zero-order valence-corrected chi connectivity index (χ0v) is 25.5. The van der Waals surface area contributed by atoms with Gasteiger partial charge in [-0.2, -0.15) is 79.3 Å². The van der Waals surface area contributed by atoms with Crippen molar-refractivity contribution in [3.63, 3.8) is 0 Å². The smallest absolute Gasteiger partial charge is 0.811 e. The number of aliphatic imine (C=N–C) groups is 1. The van der Waals surface area contributed by atoms with Crippen LogP contribution < -0.4 is 0 Å². The topological polar surface area (TPSA) is 47.5 Å². The first-order valence-corrected chi connectivity index (χ1v) is 13.2. The minimum absolute atomic E-state index is 0. The van der Waals surface area contributed by atoms with E-state index in [1.54, 1.807) is 29.6 Å². The van der Waals surface area contributed by atoms with Crippen LogP contribution in [0, 0.1) is 12.1 Å². The van der Waals surface area contributed by atoms with Crippen LogP contribution in [0.4, 0.5) is 0 Å². The zero-order valence-electron chi connectivity index (χ0n) is 33.2. The van der Waals surface area contributed by atoms with Gasteiger partial charge < -0.3 is 5.41 Å². The van der Waals surface area contributed by atoms with Crippen molar-refractivity contribution in [2.45, 2.75) is 64.5 Å². The molecule has 5 heteroatoms. The third-order valence-electron chi connectivity index (χ3n) is 5.28. The first-order valence-electron chi connectivity index (χ1n) is 18.0. The molecule has 1 fully saturated rings. The number of benzene rings is 1. The normalized spacial score (nSPS) is 24.1. The number of allylic oxidation sites excluding steroid dienone is 8. The predicted octanol–water partition coefficient (Wildman–Crippen LogP) is 10.5. The van der Waals surface area contributed by atoms with Crippen molar-refractivity contribution >= 4 is 44.1 Å². The zero-order chi connectivity index (χ0) is 37.7. The van der Waals surface area contributed by atoms with Crippen molar-refractivity contribution in [1.82, 2.24) is 4.98 Å². The fourth-order valence-corrected chi connectivity index (χ4v) is 4.65. The molecule has 0 N–H and O–H groups in total. The quantitative estimate of drug-likeness (QED) is 0.146. The van der Waals surface area contributed by atoms with Crippen LogP contribution >= 0.6 is 11.3 Å². The van der Waals surface area contributed by atoms with E-state index in [-0.39, 0.29) is 25.7 Å². The Morgan fingerprint density at radius 3 is 2.75 bits per heavy atom. The third kappa shape index (κ3) is 12.9. The predicted molar refractivity (Wildman–Crippen MR) is 175 cm³/mol. The van der Waals surface area contributed by atoms with Gasteiger partial charge in [-0.3, -0.25) is 4.99 Å². The van der Waals surface area contributed by atoms with E-state index in [2.05, 4.69) is 55.1 Å². The number of hydrogen-bond donors (Lipinski definition) is 0. The number of pyridine rings is 1. The number of thiophene rings is 1. The molecule has 1 aliphatic carbocycles. The van der Waals surface area contributed by atoms with Crippen molar-refractivity contribution < 1.29 is 35.2 Å². The van der Waals surface area contributed by atoms with E-state index < -0.39 is 50.1 Å². The number of hydrogen-bond acceptors (Lipinski definition) is 3. The van der Waals surface area contributed by atoms with Gasteiger partial charge in [-0.25, -0.2) is 4.98 Å². The van der Waals surface area contributed by atoms with Gasteiger partial charge in [0.25, 0.3) is 0 Å². The molecule has 40 heavy (non-hydrogen) atoms. The van der Waals surface area contributed by atoms with E-state index in [1.165, 1.54) is 28.1 Å². The molecule has 3 aromatic rings. The Kier molecular flexibility index (Phi) is 10.9. The summed E-state index contributed by atoms with van der Waals surface area (Å²) in [6, 6.07) is 12.3. The fourth-order valence-electron chi connectivity index (χ4n) is 3.60. The molecular weight excluding hydrogens is 687 g/mol. The number of nitrogens with zero attached hydrogens (tertiary/aromatic N) is 3. The van der Waals surface area contributed by atoms with E-state index in [0.717, 1.165) is 42.4 Å². The van der Waals surface area contributed by atoms with Crippen LogP contribution in [0.5, 0.6) is 0 Å². The fraction of sp³-hybridized carbons (Fsp3) is 0.286. The third-order valence-corrected chi connectivity index (χ3v) is 6.35. The first-order chi connectivity index (χ1) is 23.4. The van der Waals surface area contributed by atoms with Crippen LogP contribution in [-0.2, 0) is 20.1 Å². The molecule has 2 unspecified atom stereocenters. The number of aromatic nitrogens is 1. The van der Waals surface area contributed by atoms with Crippen molar-refractivity contribution in [3.05, 3.63) is 121 Å². The van der Waals surface area contributed by atoms with E-state index in [0.29, 0.717) is 6.21 Å². The summed E-state index contributed by atoms with van der Waals surface area (Å²) in [4.78, 5) is 9.49. The molecule has 0 bridgehead atoms. The van der Waals surface area contributed by atoms with Crippen LogP contribution in [0.15, 0.2) is 103 Å². The molecule has 210 valence electrons. The van der Waals surface area contributed by atoms with Crippen LogP contribution in [0.1, 0.15) is 85.3 Å². The Hall–Kier alpha value is -2.98. The number of fused-ring (bicyclic) bond motifs is 3. The SMILES string of the molecule is C=C[C-]=CC=C.[2H]/C(C=[N-])=C(\[2H])C(=C)C([2H])([2H])[2H].[2H]C1(c2ccc3c(n2)sc2c[c-]ccc23)CCCCC1.[2H]C1C=NC=C(C([2H])([2H])[2H])C1[2H].[Ir+3]. The molecule has 0 spiro atoms. The molecule has 5 rings (SSSR count).